The summed E-state index contributed by atoms with van der Waals surface area (Å²) < 4.78 is 25.0. The molecule has 0 atom stereocenters. The van der Waals surface area contributed by atoms with E-state index in [-0.39, 0.29) is 4.90 Å². The highest BCUT2D eigenvalue weighted by Gasteiger charge is 2.44. The number of anilines is 1. The Hall–Kier alpha value is -1.60. The third-order valence-electron chi connectivity index (χ3n) is 4.03. The third-order valence-corrected chi connectivity index (χ3v) is 5.86. The van der Waals surface area contributed by atoms with Crippen LogP contribution in [0.5, 0.6) is 0 Å². The average molecular weight is 312 g/mol. The van der Waals surface area contributed by atoms with E-state index < -0.39 is 21.4 Å². The Morgan fingerprint density at radius 3 is 2.24 bits per heavy atom. The van der Waals surface area contributed by atoms with E-state index in [1.165, 1.54) is 26.2 Å². The number of aliphatic carboxylic acids is 1. The average Bonchev–Trinajstić information content (AvgIpc) is 2.37. The van der Waals surface area contributed by atoms with Gasteiger partial charge in [-0.25, -0.2) is 12.7 Å². The van der Waals surface area contributed by atoms with Crippen molar-refractivity contribution in [2.45, 2.75) is 24.2 Å². The first-order chi connectivity index (χ1) is 9.78. The number of sulfonamides is 1. The van der Waals surface area contributed by atoms with E-state index in [9.17, 15) is 18.3 Å². The number of hydrogen-bond acceptors (Lipinski definition) is 4. The Morgan fingerprint density at radius 1 is 1.29 bits per heavy atom. The molecule has 0 spiro atoms. The second-order valence-electron chi connectivity index (χ2n) is 5.60. The lowest BCUT2D eigenvalue weighted by Crippen LogP contribution is -2.43. The maximum Gasteiger partial charge on any atom is 0.311 e. The van der Waals surface area contributed by atoms with Crippen LogP contribution in [0.3, 0.4) is 0 Å². The number of carbonyl (C=O) groups is 1. The van der Waals surface area contributed by atoms with Crippen LogP contribution in [-0.2, 0) is 14.8 Å². The summed E-state index contributed by atoms with van der Waals surface area (Å²) in [6.45, 7) is 0.363. The number of benzene rings is 1. The zero-order valence-corrected chi connectivity index (χ0v) is 13.0. The van der Waals surface area contributed by atoms with Crippen molar-refractivity contribution in [3.63, 3.8) is 0 Å². The second-order valence-corrected chi connectivity index (χ2v) is 7.76. The lowest BCUT2D eigenvalue weighted by Gasteiger charge is -2.37. The molecule has 7 heteroatoms. The molecule has 0 aromatic heterocycles. The van der Waals surface area contributed by atoms with Crippen molar-refractivity contribution in [2.75, 3.05) is 26.0 Å². The van der Waals surface area contributed by atoms with Gasteiger partial charge in [0, 0.05) is 26.3 Å². The number of hydrogen-bond donors (Lipinski definition) is 2. The molecule has 1 aromatic carbocycles. The number of rotatable bonds is 6. The molecule has 21 heavy (non-hydrogen) atoms. The molecule has 2 N–H and O–H groups in total. The number of nitrogens with one attached hydrogen (secondary N) is 1. The standard InChI is InChI=1S/C14H20N2O4S/c1-16(2)21(19,20)12-6-4-11(5-7-12)15-10-14(13(17)18)8-3-9-14/h4-7,15H,3,8-10H2,1-2H3,(H,17,18). The van der Waals surface area contributed by atoms with Crippen molar-refractivity contribution in [3.8, 4) is 0 Å². The highest BCUT2D eigenvalue weighted by Crippen LogP contribution is 2.41. The lowest BCUT2D eigenvalue weighted by atomic mass is 9.69. The fourth-order valence-corrected chi connectivity index (χ4v) is 3.20. The van der Waals surface area contributed by atoms with Crippen LogP contribution in [0.15, 0.2) is 29.2 Å². The fourth-order valence-electron chi connectivity index (χ4n) is 2.30. The molecule has 0 unspecified atom stereocenters. The highest BCUT2D eigenvalue weighted by molar-refractivity contribution is 7.89. The molecule has 0 bridgehead atoms. The van der Waals surface area contributed by atoms with E-state index >= 15 is 0 Å². The molecule has 0 radical (unpaired) electrons. The van der Waals surface area contributed by atoms with E-state index in [2.05, 4.69) is 5.32 Å². The predicted molar refractivity (Wildman–Crippen MR) is 79.7 cm³/mol. The largest absolute Gasteiger partial charge is 0.481 e. The number of carboxylic acids is 1. The van der Waals surface area contributed by atoms with Gasteiger partial charge in [-0.05, 0) is 37.1 Å². The maximum absolute atomic E-state index is 11.9. The van der Waals surface area contributed by atoms with Crippen LogP contribution in [0.2, 0.25) is 0 Å². The van der Waals surface area contributed by atoms with Gasteiger partial charge in [0.25, 0.3) is 0 Å². The van der Waals surface area contributed by atoms with Crippen molar-refractivity contribution in [3.05, 3.63) is 24.3 Å². The minimum absolute atomic E-state index is 0.217. The predicted octanol–water partition coefficient (Wildman–Crippen LogP) is 1.60. The molecule has 0 amide bonds. The van der Waals surface area contributed by atoms with Crippen LogP contribution in [0.4, 0.5) is 5.69 Å². The van der Waals surface area contributed by atoms with E-state index in [1.54, 1.807) is 12.1 Å². The minimum atomic E-state index is -3.43. The first-order valence-corrected chi connectivity index (χ1v) is 8.22. The summed E-state index contributed by atoms with van der Waals surface area (Å²) in [5.74, 6) is -0.770. The first-order valence-electron chi connectivity index (χ1n) is 6.78. The van der Waals surface area contributed by atoms with Crippen LogP contribution in [0.25, 0.3) is 0 Å². The highest BCUT2D eigenvalue weighted by atomic mass is 32.2. The van der Waals surface area contributed by atoms with E-state index in [0.29, 0.717) is 19.4 Å². The molecule has 2 rings (SSSR count). The van der Waals surface area contributed by atoms with Gasteiger partial charge in [-0.15, -0.1) is 0 Å². The quantitative estimate of drug-likeness (QED) is 0.833. The van der Waals surface area contributed by atoms with Gasteiger partial charge < -0.3 is 10.4 Å². The lowest BCUT2D eigenvalue weighted by molar-refractivity contribution is -0.153. The van der Waals surface area contributed by atoms with Gasteiger partial charge >= 0.3 is 5.97 Å². The minimum Gasteiger partial charge on any atom is -0.481 e. The molecular weight excluding hydrogens is 292 g/mol. The summed E-state index contributed by atoms with van der Waals surface area (Å²) in [4.78, 5) is 11.5. The molecule has 0 aliphatic heterocycles. The molecule has 0 saturated heterocycles. The van der Waals surface area contributed by atoms with Crippen LogP contribution in [-0.4, -0.2) is 44.4 Å². The first kappa shape index (κ1) is 15.8. The third kappa shape index (κ3) is 3.03. The SMILES string of the molecule is CN(C)S(=O)(=O)c1ccc(NCC2(C(=O)O)CCC2)cc1. The van der Waals surface area contributed by atoms with E-state index in [0.717, 1.165) is 16.4 Å². The Balaban J connectivity index is 2.05. The van der Waals surface area contributed by atoms with Crippen molar-refractivity contribution in [1.82, 2.24) is 4.31 Å². The topological polar surface area (TPSA) is 86.7 Å². The Morgan fingerprint density at radius 2 is 1.86 bits per heavy atom. The summed E-state index contributed by atoms with van der Waals surface area (Å²) in [6, 6.07) is 6.35. The normalized spacial score (nSPS) is 17.3. The van der Waals surface area contributed by atoms with Gasteiger partial charge in [0.15, 0.2) is 0 Å². The monoisotopic (exact) mass is 312 g/mol. The molecule has 1 aromatic rings. The molecule has 1 aliphatic rings. The maximum atomic E-state index is 11.9. The fraction of sp³-hybridized carbons (Fsp3) is 0.500. The van der Waals surface area contributed by atoms with Gasteiger partial charge in [-0.2, -0.15) is 0 Å². The summed E-state index contributed by atoms with van der Waals surface area (Å²) in [5, 5.41) is 12.3. The van der Waals surface area contributed by atoms with Gasteiger partial charge in [-0.1, -0.05) is 6.42 Å². The molecule has 6 nitrogen and oxygen atoms in total. The van der Waals surface area contributed by atoms with E-state index in [1.807, 2.05) is 0 Å². The Labute approximate surface area is 124 Å². The van der Waals surface area contributed by atoms with Crippen molar-refractivity contribution in [1.29, 1.82) is 0 Å². The second kappa shape index (κ2) is 5.65. The Bertz CT molecular complexity index is 619. The van der Waals surface area contributed by atoms with Gasteiger partial charge in [-0.3, -0.25) is 4.79 Å². The van der Waals surface area contributed by atoms with Crippen LogP contribution >= 0.6 is 0 Å². The summed E-state index contributed by atoms with van der Waals surface area (Å²) in [5.41, 5.74) is 0.0502. The molecular formula is C14H20N2O4S. The summed E-state index contributed by atoms with van der Waals surface area (Å²) in [6.07, 6.45) is 2.30. The number of nitrogens with zero attached hydrogens (tertiary/aromatic N) is 1. The van der Waals surface area contributed by atoms with Gasteiger partial charge in [0.1, 0.15) is 0 Å². The summed E-state index contributed by atoms with van der Waals surface area (Å²) >= 11 is 0. The van der Waals surface area contributed by atoms with Crippen LogP contribution in [0, 0.1) is 5.41 Å². The molecule has 116 valence electrons. The zero-order valence-electron chi connectivity index (χ0n) is 12.2. The molecule has 1 aliphatic carbocycles. The van der Waals surface area contributed by atoms with Gasteiger partial charge in [0.05, 0.1) is 10.3 Å². The van der Waals surface area contributed by atoms with Crippen molar-refractivity contribution in [2.24, 2.45) is 5.41 Å². The van der Waals surface area contributed by atoms with E-state index in [4.69, 9.17) is 0 Å². The Kier molecular flexibility index (Phi) is 4.25. The van der Waals surface area contributed by atoms with Crippen LogP contribution < -0.4 is 5.32 Å². The van der Waals surface area contributed by atoms with Gasteiger partial charge in [0.2, 0.25) is 10.0 Å². The van der Waals surface area contributed by atoms with Crippen molar-refractivity contribution >= 4 is 21.7 Å². The summed E-state index contributed by atoms with van der Waals surface area (Å²) in [7, 11) is -0.471. The molecule has 0 heterocycles. The smallest absolute Gasteiger partial charge is 0.311 e. The zero-order chi connectivity index (χ0) is 15.7. The molecule has 1 fully saturated rings. The van der Waals surface area contributed by atoms with Crippen molar-refractivity contribution < 1.29 is 18.3 Å². The molecule has 1 saturated carbocycles. The van der Waals surface area contributed by atoms with Crippen LogP contribution in [0.1, 0.15) is 19.3 Å². The number of carboxylic acid groups (broad SMARTS) is 1.